The minimum Gasteiger partial charge on any atom is -0.506 e. The van der Waals surface area contributed by atoms with Crippen LogP contribution in [0.2, 0.25) is 0 Å². The van der Waals surface area contributed by atoms with Gasteiger partial charge in [0, 0.05) is 25.0 Å². The van der Waals surface area contributed by atoms with E-state index in [9.17, 15) is 5.11 Å². The molecule has 1 spiro atoms. The van der Waals surface area contributed by atoms with Crippen molar-refractivity contribution in [1.29, 1.82) is 0 Å². The van der Waals surface area contributed by atoms with E-state index in [-0.39, 0.29) is 18.2 Å². The SMILES string of the molecule is Cl.Oc1c(Br)cc(N=Cc2ccc(N3CCC4(CCCCC4)CC3)cc2)cc1Br. The molecule has 1 N–H and O–H groups in total. The van der Waals surface area contributed by atoms with Crippen LogP contribution < -0.4 is 4.90 Å². The molecule has 6 heteroatoms. The molecule has 4 rings (SSSR count). The van der Waals surface area contributed by atoms with Gasteiger partial charge in [0.1, 0.15) is 5.75 Å². The van der Waals surface area contributed by atoms with Crippen LogP contribution in [0.15, 0.2) is 50.3 Å². The molecule has 1 heterocycles. The molecule has 0 radical (unpaired) electrons. The van der Waals surface area contributed by atoms with Gasteiger partial charge in [-0.05, 0) is 92.8 Å². The third kappa shape index (κ3) is 5.36. The van der Waals surface area contributed by atoms with E-state index in [4.69, 9.17) is 0 Å². The molecule has 0 unspecified atom stereocenters. The Morgan fingerprint density at radius 1 is 0.897 bits per heavy atom. The minimum absolute atomic E-state index is 0. The largest absolute Gasteiger partial charge is 0.506 e. The lowest BCUT2D eigenvalue weighted by molar-refractivity contribution is 0.144. The van der Waals surface area contributed by atoms with Crippen LogP contribution in [-0.4, -0.2) is 24.4 Å². The summed E-state index contributed by atoms with van der Waals surface area (Å²) in [5.74, 6) is 0.194. The predicted molar refractivity (Wildman–Crippen MR) is 131 cm³/mol. The zero-order chi connectivity index (χ0) is 19.6. The van der Waals surface area contributed by atoms with Crippen LogP contribution in [0.4, 0.5) is 11.4 Å². The molecule has 1 saturated heterocycles. The van der Waals surface area contributed by atoms with E-state index < -0.39 is 0 Å². The summed E-state index contributed by atoms with van der Waals surface area (Å²) in [4.78, 5) is 7.07. The topological polar surface area (TPSA) is 35.8 Å². The van der Waals surface area contributed by atoms with E-state index >= 15 is 0 Å². The molecule has 0 aromatic heterocycles. The Labute approximate surface area is 196 Å². The first-order valence-electron chi connectivity index (χ1n) is 10.1. The fourth-order valence-corrected chi connectivity index (χ4v) is 5.75. The van der Waals surface area contributed by atoms with E-state index in [2.05, 4.69) is 66.0 Å². The predicted octanol–water partition coefficient (Wildman–Crippen LogP) is 7.64. The zero-order valence-corrected chi connectivity index (χ0v) is 20.4. The second-order valence-electron chi connectivity index (χ2n) is 8.16. The third-order valence-corrected chi connectivity index (χ3v) is 7.57. The molecule has 2 aliphatic rings. The molecular formula is C23H27Br2ClN2O. The number of nitrogens with zero attached hydrogens (tertiary/aromatic N) is 2. The fraction of sp³-hybridized carbons (Fsp3) is 0.435. The molecule has 0 bridgehead atoms. The van der Waals surface area contributed by atoms with Gasteiger partial charge in [-0.15, -0.1) is 12.4 Å². The summed E-state index contributed by atoms with van der Waals surface area (Å²) in [6, 6.07) is 12.3. The second kappa shape index (κ2) is 9.84. The van der Waals surface area contributed by atoms with Crippen molar-refractivity contribution in [2.75, 3.05) is 18.0 Å². The summed E-state index contributed by atoms with van der Waals surface area (Å²) in [7, 11) is 0. The highest BCUT2D eigenvalue weighted by molar-refractivity contribution is 9.11. The van der Waals surface area contributed by atoms with Gasteiger partial charge in [0.15, 0.2) is 0 Å². The van der Waals surface area contributed by atoms with Crippen LogP contribution in [0.3, 0.4) is 0 Å². The normalized spacial score (nSPS) is 18.8. The summed E-state index contributed by atoms with van der Waals surface area (Å²) in [6.45, 7) is 2.37. The number of aromatic hydroxyl groups is 1. The van der Waals surface area contributed by atoms with Gasteiger partial charge in [0.25, 0.3) is 0 Å². The Morgan fingerprint density at radius 3 is 2.07 bits per heavy atom. The number of anilines is 1. The number of hydrogen-bond acceptors (Lipinski definition) is 3. The van der Waals surface area contributed by atoms with E-state index in [1.165, 1.54) is 63.7 Å². The summed E-state index contributed by atoms with van der Waals surface area (Å²) in [5.41, 5.74) is 3.82. The van der Waals surface area contributed by atoms with Crippen molar-refractivity contribution in [3.8, 4) is 5.75 Å². The number of hydrogen-bond donors (Lipinski definition) is 1. The van der Waals surface area contributed by atoms with Gasteiger partial charge in [0.05, 0.1) is 14.6 Å². The highest BCUT2D eigenvalue weighted by Gasteiger charge is 2.35. The quantitative estimate of drug-likeness (QED) is 0.405. The van der Waals surface area contributed by atoms with Crippen LogP contribution in [0.25, 0.3) is 0 Å². The molecule has 0 atom stereocenters. The molecule has 2 fully saturated rings. The fourth-order valence-electron chi connectivity index (χ4n) is 4.59. The Balaban J connectivity index is 0.00000240. The van der Waals surface area contributed by atoms with Crippen LogP contribution in [0, 0.1) is 5.41 Å². The highest BCUT2D eigenvalue weighted by atomic mass is 79.9. The molecule has 2 aromatic carbocycles. The number of phenolic OH excluding ortho intramolecular Hbond substituents is 1. The molecule has 1 aliphatic carbocycles. The standard InChI is InChI=1S/C23H26Br2N2O.ClH/c24-20-14-18(15-21(25)22(20)28)26-16-17-4-6-19(7-5-17)27-12-10-23(11-13-27)8-2-1-3-9-23;/h4-7,14-16,28H,1-3,8-13H2;1H. The lowest BCUT2D eigenvalue weighted by Crippen LogP contribution is -2.41. The lowest BCUT2D eigenvalue weighted by atomic mass is 9.68. The van der Waals surface area contributed by atoms with E-state index in [0.717, 1.165) is 11.3 Å². The molecule has 156 valence electrons. The number of benzene rings is 2. The molecule has 0 amide bonds. The Kier molecular flexibility index (Phi) is 7.69. The van der Waals surface area contributed by atoms with Gasteiger partial charge in [-0.1, -0.05) is 31.4 Å². The maximum atomic E-state index is 9.80. The van der Waals surface area contributed by atoms with E-state index in [1.807, 2.05) is 6.21 Å². The summed E-state index contributed by atoms with van der Waals surface area (Å²) in [6.07, 6.45) is 11.8. The zero-order valence-electron chi connectivity index (χ0n) is 16.4. The summed E-state index contributed by atoms with van der Waals surface area (Å²) < 4.78 is 1.26. The summed E-state index contributed by atoms with van der Waals surface area (Å²) in [5, 5.41) is 9.80. The molecule has 1 aliphatic heterocycles. The van der Waals surface area contributed by atoms with Crippen LogP contribution in [0.5, 0.6) is 5.75 Å². The van der Waals surface area contributed by atoms with Gasteiger partial charge in [0.2, 0.25) is 0 Å². The van der Waals surface area contributed by atoms with Crippen molar-refractivity contribution >= 4 is 61.9 Å². The van der Waals surface area contributed by atoms with Crippen molar-refractivity contribution < 1.29 is 5.11 Å². The first-order valence-corrected chi connectivity index (χ1v) is 11.7. The van der Waals surface area contributed by atoms with Gasteiger partial charge in [-0.2, -0.15) is 0 Å². The van der Waals surface area contributed by atoms with Gasteiger partial charge in [-0.25, -0.2) is 0 Å². The first-order chi connectivity index (χ1) is 13.5. The molecule has 3 nitrogen and oxygen atoms in total. The number of phenols is 1. The Morgan fingerprint density at radius 2 is 1.48 bits per heavy atom. The van der Waals surface area contributed by atoms with Crippen LogP contribution in [-0.2, 0) is 0 Å². The van der Waals surface area contributed by atoms with E-state index in [0.29, 0.717) is 14.4 Å². The van der Waals surface area contributed by atoms with E-state index in [1.54, 1.807) is 12.1 Å². The van der Waals surface area contributed by atoms with Crippen molar-refractivity contribution in [2.24, 2.45) is 10.4 Å². The summed E-state index contributed by atoms with van der Waals surface area (Å²) >= 11 is 6.69. The maximum Gasteiger partial charge on any atom is 0.144 e. The van der Waals surface area contributed by atoms with Gasteiger partial charge in [-0.3, -0.25) is 4.99 Å². The average molecular weight is 543 g/mol. The van der Waals surface area contributed by atoms with Crippen LogP contribution in [0.1, 0.15) is 50.5 Å². The van der Waals surface area contributed by atoms with Crippen molar-refractivity contribution in [2.45, 2.75) is 44.9 Å². The van der Waals surface area contributed by atoms with Crippen molar-refractivity contribution in [3.05, 3.63) is 50.9 Å². The lowest BCUT2D eigenvalue weighted by Gasteiger charge is -2.45. The first kappa shape index (κ1) is 22.6. The molecule has 2 aromatic rings. The number of rotatable bonds is 3. The second-order valence-corrected chi connectivity index (χ2v) is 9.86. The Bertz CT molecular complexity index is 831. The van der Waals surface area contributed by atoms with Gasteiger partial charge < -0.3 is 10.0 Å². The van der Waals surface area contributed by atoms with Gasteiger partial charge >= 0.3 is 0 Å². The smallest absolute Gasteiger partial charge is 0.144 e. The maximum absolute atomic E-state index is 9.80. The van der Waals surface area contributed by atoms with Crippen LogP contribution >= 0.6 is 44.3 Å². The van der Waals surface area contributed by atoms with Crippen molar-refractivity contribution in [3.63, 3.8) is 0 Å². The monoisotopic (exact) mass is 540 g/mol. The number of halogens is 3. The Hall–Kier alpha value is -1.04. The average Bonchev–Trinajstić information content (AvgIpc) is 2.72. The van der Waals surface area contributed by atoms with Crippen molar-refractivity contribution in [1.82, 2.24) is 0 Å². The molecule has 1 saturated carbocycles. The third-order valence-electron chi connectivity index (χ3n) is 6.36. The number of aliphatic imine (C=N–C) groups is 1. The molecular weight excluding hydrogens is 516 g/mol. The molecule has 29 heavy (non-hydrogen) atoms. The minimum atomic E-state index is 0. The number of piperidine rings is 1. The highest BCUT2D eigenvalue weighted by Crippen LogP contribution is 2.45.